The predicted molar refractivity (Wildman–Crippen MR) is 119 cm³/mol. The first kappa shape index (κ1) is 20.9. The zero-order valence-corrected chi connectivity index (χ0v) is 18.1. The van der Waals surface area contributed by atoms with Gasteiger partial charge < -0.3 is 9.73 Å². The number of hydrogen-bond donors (Lipinski definition) is 2. The Balaban J connectivity index is 1.60. The minimum absolute atomic E-state index is 0.144. The van der Waals surface area contributed by atoms with Gasteiger partial charge in [-0.05, 0) is 51.0 Å². The van der Waals surface area contributed by atoms with Gasteiger partial charge in [-0.25, -0.2) is 0 Å². The van der Waals surface area contributed by atoms with Gasteiger partial charge in [-0.3, -0.25) is 4.79 Å². The summed E-state index contributed by atoms with van der Waals surface area (Å²) < 4.78 is 31.0. The van der Waals surface area contributed by atoms with Crippen molar-refractivity contribution in [3.63, 3.8) is 0 Å². The molecule has 1 amide bonds. The number of hydrazone groups is 1. The molecule has 1 aliphatic carbocycles. The third-order valence-electron chi connectivity index (χ3n) is 5.20. The zero-order valence-electron chi connectivity index (χ0n) is 17.3. The van der Waals surface area contributed by atoms with Crippen LogP contribution in [0.2, 0.25) is 0 Å². The van der Waals surface area contributed by atoms with E-state index in [9.17, 15) is 13.2 Å². The molecule has 0 atom stereocenters. The summed E-state index contributed by atoms with van der Waals surface area (Å²) in [5.41, 5.74) is 3.56. The van der Waals surface area contributed by atoms with Gasteiger partial charge in [0.1, 0.15) is 5.76 Å². The van der Waals surface area contributed by atoms with E-state index < -0.39 is 10.0 Å². The summed E-state index contributed by atoms with van der Waals surface area (Å²) >= 11 is 0. The second-order valence-corrected chi connectivity index (χ2v) is 9.16. The van der Waals surface area contributed by atoms with Gasteiger partial charge in [0.15, 0.2) is 5.76 Å². The van der Waals surface area contributed by atoms with E-state index in [4.69, 9.17) is 4.42 Å². The van der Waals surface area contributed by atoms with Crippen molar-refractivity contribution in [3.05, 3.63) is 82.8 Å². The van der Waals surface area contributed by atoms with Gasteiger partial charge in [0.05, 0.1) is 10.6 Å². The molecule has 0 bridgehead atoms. The van der Waals surface area contributed by atoms with Crippen molar-refractivity contribution in [1.29, 1.82) is 0 Å². The van der Waals surface area contributed by atoms with E-state index in [0.717, 1.165) is 12.0 Å². The number of anilines is 1. The molecule has 31 heavy (non-hydrogen) atoms. The van der Waals surface area contributed by atoms with Gasteiger partial charge in [0, 0.05) is 23.2 Å². The molecule has 0 unspecified atom stereocenters. The average Bonchev–Trinajstić information content (AvgIpc) is 3.11. The highest BCUT2D eigenvalue weighted by atomic mass is 32.2. The summed E-state index contributed by atoms with van der Waals surface area (Å²) in [5, 5.41) is 7.02. The number of nitrogens with zero attached hydrogens (tertiary/aromatic N) is 1. The number of benzene rings is 2. The number of sulfonamides is 1. The molecule has 3 aromatic rings. The van der Waals surface area contributed by atoms with E-state index in [-0.39, 0.29) is 16.6 Å². The van der Waals surface area contributed by atoms with Crippen LogP contribution in [0, 0.1) is 13.8 Å². The molecule has 1 aliphatic rings. The van der Waals surface area contributed by atoms with Crippen molar-refractivity contribution in [2.45, 2.75) is 38.0 Å². The molecular formula is C23H23N3O4S. The quantitative estimate of drug-likeness (QED) is 0.585. The van der Waals surface area contributed by atoms with E-state index in [0.29, 0.717) is 41.1 Å². The lowest BCUT2D eigenvalue weighted by atomic mass is 9.93. The number of aryl methyl sites for hydroxylation is 2. The van der Waals surface area contributed by atoms with Crippen LogP contribution in [0.1, 0.15) is 45.8 Å². The fourth-order valence-corrected chi connectivity index (χ4v) is 4.42. The Bertz CT molecular complexity index is 1240. The number of furan rings is 1. The Hall–Kier alpha value is -3.39. The van der Waals surface area contributed by atoms with Gasteiger partial charge in [0.2, 0.25) is 0 Å². The van der Waals surface area contributed by atoms with Crippen LogP contribution >= 0.6 is 0 Å². The number of rotatable bonds is 5. The molecule has 7 nitrogen and oxygen atoms in total. The van der Waals surface area contributed by atoms with Gasteiger partial charge in [-0.2, -0.15) is 18.4 Å². The van der Waals surface area contributed by atoms with E-state index in [1.54, 1.807) is 43.3 Å². The van der Waals surface area contributed by atoms with Crippen LogP contribution in [-0.4, -0.2) is 20.0 Å². The molecule has 0 spiro atoms. The number of amides is 1. The third-order valence-corrected chi connectivity index (χ3v) is 6.42. The van der Waals surface area contributed by atoms with E-state index in [1.807, 2.05) is 25.1 Å². The Morgan fingerprint density at radius 3 is 2.42 bits per heavy atom. The SMILES string of the molecule is Cc1ccc(S(=O)(=O)N/N=C2\CCCc3oc(C(=O)Nc4ccccc4)c(C)c32)cc1. The van der Waals surface area contributed by atoms with Gasteiger partial charge >= 0.3 is 0 Å². The highest BCUT2D eigenvalue weighted by molar-refractivity contribution is 7.89. The molecule has 2 aromatic carbocycles. The molecule has 1 heterocycles. The number of fused-ring (bicyclic) bond motifs is 1. The molecule has 0 saturated heterocycles. The minimum atomic E-state index is -3.79. The highest BCUT2D eigenvalue weighted by Crippen LogP contribution is 2.30. The Morgan fingerprint density at radius 1 is 1.00 bits per heavy atom. The molecule has 1 aromatic heterocycles. The molecule has 4 rings (SSSR count). The third kappa shape index (κ3) is 4.39. The van der Waals surface area contributed by atoms with Crippen molar-refractivity contribution in [3.8, 4) is 0 Å². The number of para-hydroxylation sites is 1. The number of nitrogens with one attached hydrogen (secondary N) is 2. The van der Waals surface area contributed by atoms with Crippen molar-refractivity contribution >= 4 is 27.3 Å². The largest absolute Gasteiger partial charge is 0.455 e. The summed E-state index contributed by atoms with van der Waals surface area (Å²) in [4.78, 5) is 15.2. The number of carbonyl (C=O) groups is 1. The monoisotopic (exact) mass is 437 g/mol. The van der Waals surface area contributed by atoms with Crippen LogP contribution in [0.15, 0.2) is 69.0 Å². The summed E-state index contributed by atoms with van der Waals surface area (Å²) in [6.45, 7) is 3.68. The molecule has 0 aliphatic heterocycles. The van der Waals surface area contributed by atoms with Gasteiger partial charge in [-0.1, -0.05) is 35.9 Å². The van der Waals surface area contributed by atoms with Crippen LogP contribution in [-0.2, 0) is 16.4 Å². The normalized spacial score (nSPS) is 14.8. The topological polar surface area (TPSA) is 101 Å². The predicted octanol–water partition coefficient (Wildman–Crippen LogP) is 4.17. The van der Waals surface area contributed by atoms with Gasteiger partial charge in [0.25, 0.3) is 15.9 Å². The van der Waals surface area contributed by atoms with Crippen LogP contribution in [0.4, 0.5) is 5.69 Å². The lowest BCUT2D eigenvalue weighted by Crippen LogP contribution is -2.22. The average molecular weight is 438 g/mol. The maximum absolute atomic E-state index is 12.7. The second-order valence-electron chi connectivity index (χ2n) is 7.49. The lowest BCUT2D eigenvalue weighted by Gasteiger charge is -2.14. The lowest BCUT2D eigenvalue weighted by molar-refractivity contribution is 0.0994. The number of carbonyl (C=O) groups excluding carboxylic acids is 1. The molecule has 0 saturated carbocycles. The fourth-order valence-electron chi connectivity index (χ4n) is 3.59. The second kappa shape index (κ2) is 8.39. The van der Waals surface area contributed by atoms with E-state index in [1.165, 1.54) is 0 Å². The Labute approximate surface area is 181 Å². The van der Waals surface area contributed by atoms with Crippen LogP contribution in [0.5, 0.6) is 0 Å². The van der Waals surface area contributed by atoms with Crippen molar-refractivity contribution in [2.75, 3.05) is 5.32 Å². The first-order chi connectivity index (χ1) is 14.8. The molecule has 0 radical (unpaired) electrons. The van der Waals surface area contributed by atoms with Gasteiger partial charge in [-0.15, -0.1) is 0 Å². The maximum atomic E-state index is 12.7. The summed E-state index contributed by atoms with van der Waals surface area (Å²) in [5.74, 6) is 0.512. The molecule has 0 fully saturated rings. The van der Waals surface area contributed by atoms with Crippen molar-refractivity contribution in [1.82, 2.24) is 4.83 Å². The highest BCUT2D eigenvalue weighted by Gasteiger charge is 2.28. The van der Waals surface area contributed by atoms with Crippen molar-refractivity contribution in [2.24, 2.45) is 5.10 Å². The van der Waals surface area contributed by atoms with Crippen molar-refractivity contribution < 1.29 is 17.6 Å². The first-order valence-corrected chi connectivity index (χ1v) is 11.5. The van der Waals surface area contributed by atoms with Crippen LogP contribution in [0.25, 0.3) is 0 Å². The summed E-state index contributed by atoms with van der Waals surface area (Å²) in [7, 11) is -3.79. The molecule has 8 heteroatoms. The maximum Gasteiger partial charge on any atom is 0.291 e. The molecular weight excluding hydrogens is 414 g/mol. The Morgan fingerprint density at radius 2 is 1.71 bits per heavy atom. The molecule has 160 valence electrons. The number of hydrogen-bond acceptors (Lipinski definition) is 5. The fraction of sp³-hybridized carbons (Fsp3) is 0.217. The zero-order chi connectivity index (χ0) is 22.0. The van der Waals surface area contributed by atoms with Crippen LogP contribution < -0.4 is 10.1 Å². The minimum Gasteiger partial charge on any atom is -0.455 e. The van der Waals surface area contributed by atoms with E-state index in [2.05, 4.69) is 15.2 Å². The van der Waals surface area contributed by atoms with Crippen LogP contribution in [0.3, 0.4) is 0 Å². The molecule has 2 N–H and O–H groups in total. The smallest absolute Gasteiger partial charge is 0.291 e. The summed E-state index contributed by atoms with van der Waals surface area (Å²) in [6, 6.07) is 15.7. The van der Waals surface area contributed by atoms with E-state index >= 15 is 0 Å². The first-order valence-electron chi connectivity index (χ1n) is 9.99. The summed E-state index contributed by atoms with van der Waals surface area (Å²) in [6.07, 6.45) is 2.01. The Kier molecular flexibility index (Phi) is 5.65. The standard InChI is InChI=1S/C23H23N3O4S/c1-15-11-13-18(14-12-15)31(28,29)26-25-19-9-6-10-20-21(19)16(2)22(30-20)23(27)24-17-7-4-3-5-8-17/h3-5,7-8,11-14,26H,6,9-10H2,1-2H3,(H,24,27)/b25-19+.